The molecule has 0 saturated heterocycles. The molecule has 0 heterocycles. The Morgan fingerprint density at radius 3 is 0.611 bits per heavy atom. The summed E-state index contributed by atoms with van der Waals surface area (Å²) in [7, 11) is 0. The Bertz CT molecular complexity index is 270. The molecular weight excluding hydrogens is 661 g/mol. The van der Waals surface area contributed by atoms with E-state index >= 15 is 0 Å². The van der Waals surface area contributed by atoms with Crippen LogP contribution in [0.4, 0.5) is 0 Å². The van der Waals surface area contributed by atoms with Crippen LogP contribution in [-0.2, 0) is 39.0 Å². The fourth-order valence-corrected chi connectivity index (χ4v) is 2.86. The van der Waals surface area contributed by atoms with Crippen LogP contribution in [0.1, 0.15) is 156 Å². The number of hydrogen-bond donors (Lipinski definition) is 0. The normalized spacial score (nSPS) is 8.11. The number of rotatable bonds is 20. The summed E-state index contributed by atoms with van der Waals surface area (Å²) < 4.78 is 0. The first kappa shape index (κ1) is 56.9. The van der Waals surface area contributed by atoms with Gasteiger partial charge in [-0.1, -0.05) is 129 Å². The fourth-order valence-electron chi connectivity index (χ4n) is 2.86. The second-order valence-corrected chi connectivity index (χ2v) is 8.55. The van der Waals surface area contributed by atoms with Crippen LogP contribution in [0.5, 0.6) is 0 Å². The maximum Gasteiger partial charge on any atom is 1.00 e. The van der Waals surface area contributed by atoms with E-state index in [1.807, 2.05) is 24.3 Å². The summed E-state index contributed by atoms with van der Waals surface area (Å²) in [4.78, 5) is 0. The van der Waals surface area contributed by atoms with Gasteiger partial charge < -0.3 is 24.8 Å². The van der Waals surface area contributed by atoms with E-state index < -0.39 is 0 Å². The Labute approximate surface area is 268 Å². The van der Waals surface area contributed by atoms with Crippen molar-refractivity contribution < 1.29 is 63.8 Å². The topological polar surface area (TPSA) is 0 Å². The van der Waals surface area contributed by atoms with E-state index in [-0.39, 0.29) is 63.8 Å². The van der Waals surface area contributed by atoms with Crippen molar-refractivity contribution in [2.24, 2.45) is 0 Å². The maximum atomic E-state index is 3.66. The van der Waals surface area contributed by atoms with Crippen molar-refractivity contribution in [2.45, 2.75) is 156 Å². The van der Waals surface area contributed by atoms with Crippen LogP contribution < -0.4 is 24.8 Å². The van der Waals surface area contributed by atoms with Crippen LogP contribution in [0.2, 0.25) is 0 Å². The van der Waals surface area contributed by atoms with Gasteiger partial charge in [0.25, 0.3) is 0 Å². The van der Waals surface area contributed by atoms with Gasteiger partial charge in [-0.3, -0.25) is 0 Å². The van der Waals surface area contributed by atoms with Gasteiger partial charge in [-0.25, -0.2) is 0 Å². The average Bonchev–Trinajstić information content (AvgIpc) is 2.82. The molecule has 0 aliphatic rings. The van der Waals surface area contributed by atoms with Gasteiger partial charge in [-0.05, 0) is 51.4 Å². The largest absolute Gasteiger partial charge is 1.00 e. The summed E-state index contributed by atoms with van der Waals surface area (Å²) in [6, 6.07) is 0. The zero-order chi connectivity index (χ0) is 25.0. The molecule has 0 saturated carbocycles. The minimum atomic E-state index is 0. The van der Waals surface area contributed by atoms with Gasteiger partial charge in [0.2, 0.25) is 0 Å². The molecule has 0 rings (SSSR count). The Kier molecular flexibility index (Phi) is 111. The van der Waals surface area contributed by atoms with Crippen molar-refractivity contribution in [1.29, 1.82) is 0 Å². The minimum Gasteiger partial charge on any atom is -1.00 e. The molecule has 0 aliphatic heterocycles. The quantitative estimate of drug-likeness (QED) is 0.0758. The Morgan fingerprint density at radius 1 is 0.333 bits per heavy atom. The third-order valence-corrected chi connectivity index (χ3v) is 5.05. The van der Waals surface area contributed by atoms with Crippen molar-refractivity contribution in [2.75, 3.05) is 0 Å². The van der Waals surface area contributed by atoms with Crippen LogP contribution in [0, 0.1) is 0 Å². The van der Waals surface area contributed by atoms with Crippen LogP contribution >= 0.6 is 0 Å². The molecule has 0 aromatic heterocycles. The fraction of sp³-hybridized carbons (Fsp3) is 0.750. The van der Waals surface area contributed by atoms with Crippen LogP contribution in [0.25, 0.3) is 0 Å². The molecule has 4 heteroatoms. The van der Waals surface area contributed by atoms with Crippen LogP contribution in [0.3, 0.4) is 0 Å². The van der Waals surface area contributed by atoms with Crippen molar-refractivity contribution in [3.05, 3.63) is 50.6 Å². The number of halogens is 2. The predicted molar refractivity (Wildman–Crippen MR) is 156 cm³/mol. The summed E-state index contributed by atoms with van der Waals surface area (Å²) in [5.74, 6) is 0. The van der Waals surface area contributed by atoms with Crippen molar-refractivity contribution >= 4 is 0 Å². The van der Waals surface area contributed by atoms with Crippen LogP contribution in [0.15, 0.2) is 50.6 Å². The predicted octanol–water partition coefficient (Wildman–Crippen LogP) is 6.57. The molecule has 0 radical (unpaired) electrons. The molecule has 0 spiro atoms. The van der Waals surface area contributed by atoms with Gasteiger partial charge in [0, 0.05) is 0 Å². The van der Waals surface area contributed by atoms with E-state index in [4.69, 9.17) is 0 Å². The molecule has 0 atom stereocenters. The number of allylic oxidation sites excluding steroid dienone is 4. The molecule has 0 aromatic carbocycles. The van der Waals surface area contributed by atoms with Gasteiger partial charge in [0.05, 0.1) is 0 Å². The van der Waals surface area contributed by atoms with E-state index in [2.05, 4.69) is 54.0 Å². The Hall–Kier alpha value is 0.787. The van der Waals surface area contributed by atoms with Gasteiger partial charge in [-0.15, -0.1) is 26.3 Å². The second kappa shape index (κ2) is 70.5. The molecule has 224 valence electrons. The molecule has 0 aliphatic carbocycles. The van der Waals surface area contributed by atoms with E-state index in [0.29, 0.717) is 0 Å². The zero-order valence-corrected chi connectivity index (χ0v) is 29.5. The Balaban J connectivity index is -0.0000000467. The molecular formula is C32H64Cl2Rh2. The van der Waals surface area contributed by atoms with Gasteiger partial charge in [-0.2, -0.15) is 0 Å². The van der Waals surface area contributed by atoms with E-state index in [1.54, 1.807) is 0 Å². The maximum absolute atomic E-state index is 3.66. The second-order valence-electron chi connectivity index (χ2n) is 8.55. The summed E-state index contributed by atoms with van der Waals surface area (Å²) >= 11 is 0. The Morgan fingerprint density at radius 2 is 0.500 bits per heavy atom. The van der Waals surface area contributed by atoms with E-state index in [0.717, 1.165) is 0 Å². The molecule has 0 aromatic rings. The molecule has 0 N–H and O–H groups in total. The first-order chi connectivity index (χ1) is 15.7. The average molecular weight is 726 g/mol. The summed E-state index contributed by atoms with van der Waals surface area (Å²) in [6.07, 6.45) is 34.4. The summed E-state index contributed by atoms with van der Waals surface area (Å²) in [6.45, 7) is 23.6. The SMILES string of the molecule is C=CCCCCCC.C=CCCCCCC.C=CCCCCCC.C=CCCCCCC.[Cl-].[Cl-].[Rh+].[Rh+]. The molecule has 36 heavy (non-hydrogen) atoms. The summed E-state index contributed by atoms with van der Waals surface area (Å²) in [5.41, 5.74) is 0. The first-order valence-corrected chi connectivity index (χ1v) is 14.1. The summed E-state index contributed by atoms with van der Waals surface area (Å²) in [5, 5.41) is 0. The van der Waals surface area contributed by atoms with Crippen molar-refractivity contribution in [3.8, 4) is 0 Å². The number of unbranched alkanes of at least 4 members (excludes halogenated alkanes) is 16. The number of hydrogen-bond acceptors (Lipinski definition) is 0. The van der Waals surface area contributed by atoms with Gasteiger partial charge in [0.15, 0.2) is 0 Å². The van der Waals surface area contributed by atoms with Gasteiger partial charge in [0.1, 0.15) is 0 Å². The van der Waals surface area contributed by atoms with E-state index in [9.17, 15) is 0 Å². The minimum absolute atomic E-state index is 0. The monoisotopic (exact) mass is 724 g/mol. The van der Waals surface area contributed by atoms with Crippen molar-refractivity contribution in [3.63, 3.8) is 0 Å². The van der Waals surface area contributed by atoms with E-state index in [1.165, 1.54) is 128 Å². The van der Waals surface area contributed by atoms with Gasteiger partial charge >= 0.3 is 39.0 Å². The smallest absolute Gasteiger partial charge is 1.00 e. The third kappa shape index (κ3) is 91.9. The third-order valence-electron chi connectivity index (χ3n) is 5.05. The van der Waals surface area contributed by atoms with Crippen molar-refractivity contribution in [1.82, 2.24) is 0 Å². The molecule has 0 nitrogen and oxygen atoms in total. The zero-order valence-electron chi connectivity index (χ0n) is 24.7. The molecule has 0 fully saturated rings. The van der Waals surface area contributed by atoms with Crippen LogP contribution in [-0.4, -0.2) is 0 Å². The molecule has 0 bridgehead atoms. The standard InChI is InChI=1S/4C8H16.2ClH.2Rh/c4*1-3-5-7-8-6-4-2;;;;/h4*3H,1,4-8H2,2H3;2*1H;;/q;;;;;;2*+1/p-2. The first-order valence-electron chi connectivity index (χ1n) is 14.1. The molecule has 0 amide bonds. The molecule has 0 unspecified atom stereocenters.